The van der Waals surface area contributed by atoms with Crippen LogP contribution in [0.4, 0.5) is 17.1 Å². The summed E-state index contributed by atoms with van der Waals surface area (Å²) < 4.78 is 56.3. The van der Waals surface area contributed by atoms with Gasteiger partial charge in [0.15, 0.2) is 0 Å². The largest absolute Gasteiger partial charge is 0.371 e. The second-order valence-electron chi connectivity index (χ2n) is 12.3. The van der Waals surface area contributed by atoms with Crippen LogP contribution in [0.15, 0.2) is 47.4 Å². The van der Waals surface area contributed by atoms with Crippen molar-refractivity contribution in [2.45, 2.75) is 75.0 Å². The lowest BCUT2D eigenvalue weighted by Crippen LogP contribution is -2.40. The zero-order valence-electron chi connectivity index (χ0n) is 23.0. The van der Waals surface area contributed by atoms with Crippen LogP contribution in [-0.4, -0.2) is 52.4 Å². The highest BCUT2D eigenvalue weighted by molar-refractivity contribution is 7.93. The lowest BCUT2D eigenvalue weighted by molar-refractivity contribution is -0.123. The minimum absolute atomic E-state index is 0.0109. The third kappa shape index (κ3) is 6.34. The van der Waals surface area contributed by atoms with Gasteiger partial charge in [0.25, 0.3) is 5.91 Å². The predicted octanol–water partition coefficient (Wildman–Crippen LogP) is 3.87. The van der Waals surface area contributed by atoms with Crippen molar-refractivity contribution in [2.24, 2.45) is 5.41 Å². The molecule has 10 nitrogen and oxygen atoms in total. The van der Waals surface area contributed by atoms with Crippen LogP contribution in [-0.2, 0) is 24.8 Å². The molecule has 0 atom stereocenters. The lowest BCUT2D eigenvalue weighted by Gasteiger charge is -2.35. The average Bonchev–Trinajstić information content (AvgIpc) is 3.59. The summed E-state index contributed by atoms with van der Waals surface area (Å²) in [6, 6.07) is 10.9. The molecule has 1 amide bonds. The van der Waals surface area contributed by atoms with Gasteiger partial charge in [-0.3, -0.25) is 14.3 Å². The second-order valence-corrected chi connectivity index (χ2v) is 15.9. The van der Waals surface area contributed by atoms with E-state index in [0.29, 0.717) is 28.0 Å². The first-order valence-corrected chi connectivity index (χ1v) is 16.6. The van der Waals surface area contributed by atoms with E-state index in [1.54, 1.807) is 45.0 Å². The minimum Gasteiger partial charge on any atom is -0.371 e. The highest BCUT2D eigenvalue weighted by atomic mass is 32.2. The van der Waals surface area contributed by atoms with Gasteiger partial charge in [-0.15, -0.1) is 0 Å². The maximum absolute atomic E-state index is 13.5. The van der Waals surface area contributed by atoms with Gasteiger partial charge in [0.2, 0.25) is 20.0 Å². The van der Waals surface area contributed by atoms with Crippen LogP contribution in [0, 0.1) is 5.41 Å². The number of Topliss-reactive ketones (excluding diaryl/α,β-unsaturated/α-hetero) is 1. The summed E-state index contributed by atoms with van der Waals surface area (Å²) in [6.07, 6.45) is 4.48. The molecule has 0 aromatic heterocycles. The van der Waals surface area contributed by atoms with E-state index < -0.39 is 36.7 Å². The van der Waals surface area contributed by atoms with E-state index in [1.165, 1.54) is 31.0 Å². The molecule has 3 N–H and O–H groups in total. The normalized spacial score (nSPS) is 19.3. The number of benzene rings is 2. The molecule has 2 aromatic rings. The van der Waals surface area contributed by atoms with E-state index in [2.05, 4.69) is 19.7 Å². The van der Waals surface area contributed by atoms with E-state index in [-0.39, 0.29) is 23.5 Å². The Morgan fingerprint density at radius 2 is 1.60 bits per heavy atom. The number of anilines is 3. The van der Waals surface area contributed by atoms with Gasteiger partial charge >= 0.3 is 0 Å². The van der Waals surface area contributed by atoms with Crippen LogP contribution in [0.1, 0.15) is 69.7 Å². The smallest absolute Gasteiger partial charge is 0.257 e. The van der Waals surface area contributed by atoms with Crippen LogP contribution >= 0.6 is 0 Å². The monoisotopic (exact) mass is 588 g/mol. The molecule has 40 heavy (non-hydrogen) atoms. The van der Waals surface area contributed by atoms with Gasteiger partial charge in [-0.1, -0.05) is 6.07 Å². The molecule has 1 aliphatic heterocycles. The summed E-state index contributed by atoms with van der Waals surface area (Å²) in [4.78, 5) is 27.0. The summed E-state index contributed by atoms with van der Waals surface area (Å²) in [6.45, 7) is 6.75. The maximum atomic E-state index is 13.5. The first-order valence-electron chi connectivity index (χ1n) is 13.5. The number of hydrogen-bond acceptors (Lipinski definition) is 7. The average molecular weight is 589 g/mol. The molecule has 3 fully saturated rings. The fourth-order valence-electron chi connectivity index (χ4n) is 5.26. The van der Waals surface area contributed by atoms with Crippen LogP contribution in [0.25, 0.3) is 0 Å². The molecule has 0 unspecified atom stereocenters. The van der Waals surface area contributed by atoms with Gasteiger partial charge in [0.1, 0.15) is 5.78 Å². The van der Waals surface area contributed by atoms with E-state index in [1.807, 2.05) is 0 Å². The number of nitrogens with one attached hydrogen (secondary N) is 3. The molecular formula is C28H36N4O6S2. The van der Waals surface area contributed by atoms with Crippen molar-refractivity contribution in [1.29, 1.82) is 0 Å². The number of sulfonamides is 2. The fraction of sp³-hybridized carbons (Fsp3) is 0.500. The number of amides is 1. The predicted molar refractivity (Wildman–Crippen MR) is 155 cm³/mol. The number of carbonyl (C=O) groups is 2. The van der Waals surface area contributed by atoms with Gasteiger partial charge in [-0.2, -0.15) is 0 Å². The third-order valence-electron chi connectivity index (χ3n) is 7.82. The number of rotatable bonds is 8. The Labute approximate surface area is 236 Å². The zero-order valence-corrected chi connectivity index (χ0v) is 24.6. The van der Waals surface area contributed by atoms with Gasteiger partial charge in [-0.05, 0) is 88.3 Å². The number of ketones is 1. The molecule has 12 heteroatoms. The molecule has 2 aliphatic carbocycles. The van der Waals surface area contributed by atoms with E-state index in [0.717, 1.165) is 25.9 Å². The Hall–Kier alpha value is -2.96. The first kappa shape index (κ1) is 28.6. The molecule has 2 saturated carbocycles. The maximum Gasteiger partial charge on any atom is 0.257 e. The van der Waals surface area contributed by atoms with Gasteiger partial charge in [-0.25, -0.2) is 21.6 Å². The molecule has 3 aliphatic rings. The number of nitrogens with zero attached hydrogens (tertiary/aromatic N) is 1. The first-order chi connectivity index (χ1) is 18.6. The van der Waals surface area contributed by atoms with E-state index >= 15 is 0 Å². The van der Waals surface area contributed by atoms with Gasteiger partial charge < -0.3 is 10.2 Å². The molecule has 216 valence electrons. The van der Waals surface area contributed by atoms with Crippen LogP contribution in [0.5, 0.6) is 0 Å². The SMILES string of the molecule is CC(C)(C)NS(=O)(=O)c1cccc(NC(=O)c2ccc(NS(=O)(=O)C3CC(=O)C3)cc2N2CCC3(CC2)CC3)c1. The molecule has 2 aromatic carbocycles. The van der Waals surface area contributed by atoms with E-state index in [4.69, 9.17) is 0 Å². The van der Waals surface area contributed by atoms with Crippen LogP contribution < -0.4 is 19.7 Å². The van der Waals surface area contributed by atoms with Crippen molar-refractivity contribution < 1.29 is 26.4 Å². The highest BCUT2D eigenvalue weighted by Crippen LogP contribution is 2.54. The Morgan fingerprint density at radius 3 is 2.20 bits per heavy atom. The quantitative estimate of drug-likeness (QED) is 0.425. The molecule has 1 saturated heterocycles. The summed E-state index contributed by atoms with van der Waals surface area (Å²) in [5, 5.41) is 2.07. The molecular weight excluding hydrogens is 552 g/mol. The number of hydrogen-bond donors (Lipinski definition) is 3. The van der Waals surface area contributed by atoms with Crippen molar-refractivity contribution >= 4 is 48.8 Å². The summed E-state index contributed by atoms with van der Waals surface area (Å²) in [7, 11) is -7.53. The zero-order chi connectivity index (χ0) is 28.9. The molecule has 0 bridgehead atoms. The lowest BCUT2D eigenvalue weighted by atomic mass is 9.93. The van der Waals surface area contributed by atoms with Gasteiger partial charge in [0.05, 0.1) is 27.1 Å². The topological polar surface area (TPSA) is 142 Å². The fourth-order valence-corrected chi connectivity index (χ4v) is 8.16. The van der Waals surface area contributed by atoms with Crippen molar-refractivity contribution in [3.8, 4) is 0 Å². The molecule has 5 rings (SSSR count). The Balaban J connectivity index is 1.40. The van der Waals surface area contributed by atoms with Gasteiger partial charge in [0, 0.05) is 37.2 Å². The van der Waals surface area contributed by atoms with Crippen LogP contribution in [0.2, 0.25) is 0 Å². The Morgan fingerprint density at radius 1 is 0.925 bits per heavy atom. The number of piperidine rings is 1. The Bertz CT molecular complexity index is 1540. The second kappa shape index (κ2) is 10.1. The minimum atomic E-state index is -3.80. The van der Waals surface area contributed by atoms with Crippen molar-refractivity contribution in [2.75, 3.05) is 28.0 Å². The molecule has 1 spiro atoms. The van der Waals surface area contributed by atoms with Crippen molar-refractivity contribution in [1.82, 2.24) is 4.72 Å². The summed E-state index contributed by atoms with van der Waals surface area (Å²) in [5.41, 5.74) is 1.35. The standard InChI is InChI=1S/C28H36N4O6S2/c1-27(2,3)31-40(37,38)22-6-4-5-19(15-22)29-26(34)24-8-7-20(30-39(35,36)23-17-21(33)18-23)16-25(24)32-13-11-28(9-10-28)12-14-32/h4-8,15-16,23,30-31H,9-14,17-18H2,1-3H3,(H,29,34). The van der Waals surface area contributed by atoms with Crippen molar-refractivity contribution in [3.63, 3.8) is 0 Å². The Kier molecular flexibility index (Phi) is 7.25. The van der Waals surface area contributed by atoms with E-state index in [9.17, 15) is 26.4 Å². The molecule has 0 radical (unpaired) electrons. The summed E-state index contributed by atoms with van der Waals surface area (Å²) in [5.74, 6) is -0.504. The molecule has 1 heterocycles. The summed E-state index contributed by atoms with van der Waals surface area (Å²) >= 11 is 0. The van der Waals surface area contributed by atoms with Crippen molar-refractivity contribution in [3.05, 3.63) is 48.0 Å². The third-order valence-corrected chi connectivity index (χ3v) is 11.3. The van der Waals surface area contributed by atoms with Crippen LogP contribution in [0.3, 0.4) is 0 Å². The highest BCUT2D eigenvalue weighted by Gasteiger charge is 2.45. The number of carbonyl (C=O) groups excluding carboxylic acids is 2.